The van der Waals surface area contributed by atoms with Crippen molar-refractivity contribution in [2.75, 3.05) is 18.6 Å². The zero-order valence-corrected chi connectivity index (χ0v) is 10.7. The number of carbonyl (C=O) groups excluding carboxylic acids is 1. The fourth-order valence-electron chi connectivity index (χ4n) is 2.27. The Bertz CT molecular complexity index is 453. The number of anilines is 1. The number of nitrogens with two attached hydrogens (primary N) is 1. The Balaban J connectivity index is 2.30. The zero-order valence-electron chi connectivity index (χ0n) is 9.90. The lowest BCUT2D eigenvalue weighted by molar-refractivity contribution is 0.0678. The molecule has 0 aromatic heterocycles. The summed E-state index contributed by atoms with van der Waals surface area (Å²) in [5.74, 6) is 5.24. The number of carbonyl (C=O) groups is 1. The number of benzene rings is 1. The molecule has 2 rings (SSSR count). The van der Waals surface area contributed by atoms with Crippen LogP contribution in [-0.4, -0.2) is 35.1 Å². The summed E-state index contributed by atoms with van der Waals surface area (Å²) in [4.78, 5) is 14.1. The lowest BCUT2D eigenvalue weighted by Crippen LogP contribution is -2.38. The van der Waals surface area contributed by atoms with Gasteiger partial charge < -0.3 is 15.4 Å². The monoisotopic (exact) mass is 269 g/mol. The second kappa shape index (κ2) is 5.56. The summed E-state index contributed by atoms with van der Waals surface area (Å²) in [6.45, 7) is 0.637. The summed E-state index contributed by atoms with van der Waals surface area (Å²) in [6, 6.07) is 4.81. The number of hydrogen-bond donors (Lipinski definition) is 3. The van der Waals surface area contributed by atoms with Crippen molar-refractivity contribution in [1.82, 2.24) is 4.90 Å². The van der Waals surface area contributed by atoms with Crippen LogP contribution < -0.4 is 11.3 Å². The van der Waals surface area contributed by atoms with Gasteiger partial charge in [-0.05, 0) is 31.0 Å². The first-order valence-corrected chi connectivity index (χ1v) is 6.23. The van der Waals surface area contributed by atoms with E-state index in [1.54, 1.807) is 23.1 Å². The molecule has 0 radical (unpaired) electrons. The number of rotatable bonds is 3. The fraction of sp³-hybridized carbons (Fsp3) is 0.417. The molecule has 1 aliphatic rings. The van der Waals surface area contributed by atoms with Gasteiger partial charge in [0.2, 0.25) is 0 Å². The van der Waals surface area contributed by atoms with Crippen LogP contribution in [0.1, 0.15) is 23.2 Å². The van der Waals surface area contributed by atoms with Crippen LogP contribution in [0, 0.1) is 0 Å². The van der Waals surface area contributed by atoms with Gasteiger partial charge in [0.1, 0.15) is 0 Å². The molecule has 1 amide bonds. The molecule has 5 nitrogen and oxygen atoms in total. The quantitative estimate of drug-likeness (QED) is 0.570. The van der Waals surface area contributed by atoms with Crippen molar-refractivity contribution in [2.24, 2.45) is 5.84 Å². The minimum absolute atomic E-state index is 0.0162. The van der Waals surface area contributed by atoms with Gasteiger partial charge in [-0.15, -0.1) is 0 Å². The molecule has 0 bridgehead atoms. The Morgan fingerprint density at radius 1 is 1.61 bits per heavy atom. The maximum atomic E-state index is 12.4. The number of nitrogens with zero attached hydrogens (tertiary/aromatic N) is 1. The normalized spacial score (nSPS) is 19.1. The number of aliphatic hydroxyl groups excluding tert-OH is 1. The summed E-state index contributed by atoms with van der Waals surface area (Å²) in [5, 5.41) is 9.74. The van der Waals surface area contributed by atoms with E-state index in [4.69, 9.17) is 17.4 Å². The molecule has 1 aromatic rings. The van der Waals surface area contributed by atoms with Gasteiger partial charge in [0.15, 0.2) is 0 Å². The number of likely N-dealkylation sites (tertiary alicyclic amines) is 1. The molecule has 98 valence electrons. The van der Waals surface area contributed by atoms with Crippen LogP contribution in [0.15, 0.2) is 18.2 Å². The van der Waals surface area contributed by atoms with Crippen LogP contribution in [0.25, 0.3) is 0 Å². The average molecular weight is 270 g/mol. The van der Waals surface area contributed by atoms with Crippen molar-refractivity contribution in [3.63, 3.8) is 0 Å². The largest absolute Gasteiger partial charge is 0.394 e. The van der Waals surface area contributed by atoms with E-state index in [0.29, 0.717) is 22.8 Å². The van der Waals surface area contributed by atoms with Crippen LogP contribution in [0.2, 0.25) is 5.02 Å². The van der Waals surface area contributed by atoms with Crippen molar-refractivity contribution < 1.29 is 9.90 Å². The number of nitrogen functional groups attached to an aromatic ring is 1. The summed E-state index contributed by atoms with van der Waals surface area (Å²) in [5.41, 5.74) is 3.46. The van der Waals surface area contributed by atoms with E-state index in [0.717, 1.165) is 12.8 Å². The zero-order chi connectivity index (χ0) is 13.1. The molecule has 18 heavy (non-hydrogen) atoms. The van der Waals surface area contributed by atoms with Crippen LogP contribution >= 0.6 is 11.6 Å². The second-order valence-corrected chi connectivity index (χ2v) is 4.75. The third-order valence-corrected chi connectivity index (χ3v) is 3.45. The first-order chi connectivity index (χ1) is 8.67. The van der Waals surface area contributed by atoms with Gasteiger partial charge in [0, 0.05) is 11.6 Å². The van der Waals surface area contributed by atoms with Gasteiger partial charge in [-0.1, -0.05) is 11.6 Å². The summed E-state index contributed by atoms with van der Waals surface area (Å²) >= 11 is 5.91. The highest BCUT2D eigenvalue weighted by Crippen LogP contribution is 2.25. The third kappa shape index (κ3) is 2.43. The Labute approximate surface area is 110 Å². The second-order valence-electron chi connectivity index (χ2n) is 4.31. The maximum Gasteiger partial charge on any atom is 0.256 e. The van der Waals surface area contributed by atoms with Gasteiger partial charge in [0.25, 0.3) is 5.91 Å². The minimum Gasteiger partial charge on any atom is -0.394 e. The average Bonchev–Trinajstić information content (AvgIpc) is 2.86. The van der Waals surface area contributed by atoms with Gasteiger partial charge in [-0.25, -0.2) is 0 Å². The van der Waals surface area contributed by atoms with E-state index in [9.17, 15) is 9.90 Å². The molecular weight excluding hydrogens is 254 g/mol. The van der Waals surface area contributed by atoms with Crippen molar-refractivity contribution in [1.29, 1.82) is 0 Å². The molecule has 0 spiro atoms. The van der Waals surface area contributed by atoms with Crippen LogP contribution in [0.5, 0.6) is 0 Å². The molecular formula is C12H16ClN3O2. The van der Waals surface area contributed by atoms with E-state index in [1.807, 2.05) is 0 Å². The van der Waals surface area contributed by atoms with Gasteiger partial charge >= 0.3 is 0 Å². The molecule has 1 saturated heterocycles. The molecule has 4 N–H and O–H groups in total. The maximum absolute atomic E-state index is 12.4. The van der Waals surface area contributed by atoms with Gasteiger partial charge in [0.05, 0.1) is 23.9 Å². The van der Waals surface area contributed by atoms with Crippen LogP contribution in [0.3, 0.4) is 0 Å². The van der Waals surface area contributed by atoms with Gasteiger partial charge in [-0.3, -0.25) is 10.6 Å². The topological polar surface area (TPSA) is 78.6 Å². The first kappa shape index (κ1) is 13.1. The van der Waals surface area contributed by atoms with Crippen LogP contribution in [0.4, 0.5) is 5.69 Å². The standard InChI is InChI=1S/C12H16ClN3O2/c13-8-3-4-11(15-14)10(6-8)12(18)16-5-1-2-9(16)7-17/h3-4,6,9,15,17H,1-2,5,7,14H2. The molecule has 6 heteroatoms. The molecule has 1 unspecified atom stereocenters. The van der Waals surface area contributed by atoms with Crippen molar-refractivity contribution >= 4 is 23.2 Å². The predicted molar refractivity (Wildman–Crippen MR) is 70.4 cm³/mol. The molecule has 1 fully saturated rings. The lowest BCUT2D eigenvalue weighted by Gasteiger charge is -2.24. The number of hydrazine groups is 1. The first-order valence-electron chi connectivity index (χ1n) is 5.85. The van der Waals surface area contributed by atoms with Crippen LogP contribution in [-0.2, 0) is 0 Å². The van der Waals surface area contributed by atoms with E-state index in [-0.39, 0.29) is 18.6 Å². The molecule has 0 saturated carbocycles. The number of aliphatic hydroxyl groups is 1. The Morgan fingerprint density at radius 3 is 3.06 bits per heavy atom. The summed E-state index contributed by atoms with van der Waals surface area (Å²) in [7, 11) is 0. The van der Waals surface area contributed by atoms with E-state index in [1.165, 1.54) is 0 Å². The predicted octanol–water partition coefficient (Wildman–Crippen LogP) is 1.22. The lowest BCUT2D eigenvalue weighted by atomic mass is 10.1. The highest BCUT2D eigenvalue weighted by Gasteiger charge is 2.29. The fourth-order valence-corrected chi connectivity index (χ4v) is 2.44. The SMILES string of the molecule is NNc1ccc(Cl)cc1C(=O)N1CCCC1CO. The summed E-state index contributed by atoms with van der Waals surface area (Å²) in [6.07, 6.45) is 1.73. The number of halogens is 1. The summed E-state index contributed by atoms with van der Waals surface area (Å²) < 4.78 is 0. The van der Waals surface area contributed by atoms with Crippen molar-refractivity contribution in [3.05, 3.63) is 28.8 Å². The minimum atomic E-state index is -0.151. The van der Waals surface area contributed by atoms with Crippen molar-refractivity contribution in [3.8, 4) is 0 Å². The molecule has 1 atom stereocenters. The van der Waals surface area contributed by atoms with Gasteiger partial charge in [-0.2, -0.15) is 0 Å². The highest BCUT2D eigenvalue weighted by atomic mass is 35.5. The smallest absolute Gasteiger partial charge is 0.256 e. The Hall–Kier alpha value is -1.30. The number of hydrogen-bond acceptors (Lipinski definition) is 4. The molecule has 1 heterocycles. The Kier molecular flexibility index (Phi) is 4.06. The van der Waals surface area contributed by atoms with E-state index < -0.39 is 0 Å². The highest BCUT2D eigenvalue weighted by molar-refractivity contribution is 6.31. The Morgan fingerprint density at radius 2 is 2.39 bits per heavy atom. The number of nitrogens with one attached hydrogen (secondary N) is 1. The molecule has 1 aliphatic heterocycles. The molecule has 0 aliphatic carbocycles. The third-order valence-electron chi connectivity index (χ3n) is 3.22. The molecule has 1 aromatic carbocycles. The number of amides is 1. The van der Waals surface area contributed by atoms with Crippen molar-refractivity contribution in [2.45, 2.75) is 18.9 Å². The van der Waals surface area contributed by atoms with E-state index >= 15 is 0 Å². The van der Waals surface area contributed by atoms with E-state index in [2.05, 4.69) is 5.43 Å².